The molecule has 0 spiro atoms. The van der Waals surface area contributed by atoms with E-state index in [1.807, 2.05) is 49.5 Å². The van der Waals surface area contributed by atoms with Crippen molar-refractivity contribution in [2.24, 2.45) is 0 Å². The molecule has 1 atom stereocenters. The quantitative estimate of drug-likeness (QED) is 0.867. The number of hydrogen-bond acceptors (Lipinski definition) is 3. The summed E-state index contributed by atoms with van der Waals surface area (Å²) in [6.45, 7) is 2.54. The number of methoxy groups -OCH3 is 1. The Morgan fingerprint density at radius 1 is 1.14 bits per heavy atom. The first kappa shape index (κ1) is 15.7. The fraction of sp³-hybridized carbons (Fsp3) is 0.294. The van der Waals surface area contributed by atoms with Gasteiger partial charge in [0.25, 0.3) is 0 Å². The predicted molar refractivity (Wildman–Crippen MR) is 86.3 cm³/mol. The third kappa shape index (κ3) is 3.90. The van der Waals surface area contributed by atoms with Gasteiger partial charge in [-0.15, -0.1) is 0 Å². The van der Waals surface area contributed by atoms with Crippen molar-refractivity contribution >= 4 is 11.6 Å². The van der Waals surface area contributed by atoms with Gasteiger partial charge in [0.1, 0.15) is 18.1 Å². The summed E-state index contributed by atoms with van der Waals surface area (Å²) in [6.07, 6.45) is 0. The molecule has 0 aliphatic heterocycles. The molecular formula is C17H20ClNO2. The normalized spacial score (nSPS) is 12.0. The maximum atomic E-state index is 5.99. The number of ether oxygens (including phenoxy) is 2. The Labute approximate surface area is 130 Å². The standard InChI is InChI=1S/C17H20ClNO2/c1-12(19-2)17-15(20-3)8-5-9-16(17)21-11-13-6-4-7-14(18)10-13/h4-10,12,19H,11H2,1-3H3. The van der Waals surface area contributed by atoms with Gasteiger partial charge in [0.15, 0.2) is 0 Å². The van der Waals surface area contributed by atoms with Crippen LogP contribution in [-0.4, -0.2) is 14.2 Å². The van der Waals surface area contributed by atoms with Crippen LogP contribution < -0.4 is 14.8 Å². The van der Waals surface area contributed by atoms with Crippen LogP contribution in [0.25, 0.3) is 0 Å². The van der Waals surface area contributed by atoms with Crippen LogP contribution in [-0.2, 0) is 6.61 Å². The average molecular weight is 306 g/mol. The first-order chi connectivity index (χ1) is 10.2. The molecule has 0 aliphatic rings. The molecule has 0 amide bonds. The molecule has 21 heavy (non-hydrogen) atoms. The van der Waals surface area contributed by atoms with Crippen molar-refractivity contribution < 1.29 is 9.47 Å². The lowest BCUT2D eigenvalue weighted by atomic mass is 10.1. The SMILES string of the molecule is CNC(C)c1c(OC)cccc1OCc1cccc(Cl)c1. The zero-order chi connectivity index (χ0) is 15.2. The van der Waals surface area contributed by atoms with Crippen LogP contribution in [0.3, 0.4) is 0 Å². The van der Waals surface area contributed by atoms with E-state index >= 15 is 0 Å². The molecule has 112 valence electrons. The number of benzene rings is 2. The smallest absolute Gasteiger partial charge is 0.128 e. The Hall–Kier alpha value is -1.71. The number of rotatable bonds is 6. The minimum atomic E-state index is 0.135. The van der Waals surface area contributed by atoms with Crippen molar-refractivity contribution in [1.29, 1.82) is 0 Å². The van der Waals surface area contributed by atoms with Crippen LogP contribution in [0.5, 0.6) is 11.5 Å². The lowest BCUT2D eigenvalue weighted by Crippen LogP contribution is -2.15. The monoisotopic (exact) mass is 305 g/mol. The summed E-state index contributed by atoms with van der Waals surface area (Å²) in [5, 5.41) is 3.94. The van der Waals surface area contributed by atoms with Gasteiger partial charge in [-0.3, -0.25) is 0 Å². The van der Waals surface area contributed by atoms with Crippen molar-refractivity contribution in [2.45, 2.75) is 19.6 Å². The second-order valence-electron chi connectivity index (χ2n) is 4.80. The molecule has 3 nitrogen and oxygen atoms in total. The molecule has 0 heterocycles. The molecule has 1 unspecified atom stereocenters. The molecule has 0 saturated carbocycles. The maximum absolute atomic E-state index is 5.99. The van der Waals surface area contributed by atoms with Gasteiger partial charge in [-0.25, -0.2) is 0 Å². The van der Waals surface area contributed by atoms with Gasteiger partial charge in [-0.05, 0) is 43.8 Å². The summed E-state index contributed by atoms with van der Waals surface area (Å²) in [5.74, 6) is 1.64. The first-order valence-electron chi connectivity index (χ1n) is 6.87. The molecule has 2 aromatic rings. The number of halogens is 1. The van der Waals surface area contributed by atoms with Gasteiger partial charge in [-0.1, -0.05) is 29.8 Å². The van der Waals surface area contributed by atoms with Crippen molar-refractivity contribution in [2.75, 3.05) is 14.2 Å². The molecule has 0 aliphatic carbocycles. The molecule has 4 heteroatoms. The van der Waals surface area contributed by atoms with Crippen molar-refractivity contribution in [3.8, 4) is 11.5 Å². The van der Waals surface area contributed by atoms with Crippen LogP contribution in [0.4, 0.5) is 0 Å². The average Bonchev–Trinajstić information content (AvgIpc) is 2.51. The summed E-state index contributed by atoms with van der Waals surface area (Å²) < 4.78 is 11.4. The molecule has 0 aromatic heterocycles. The zero-order valence-corrected chi connectivity index (χ0v) is 13.3. The van der Waals surface area contributed by atoms with Gasteiger partial charge in [0.2, 0.25) is 0 Å². The van der Waals surface area contributed by atoms with E-state index in [1.54, 1.807) is 7.11 Å². The highest BCUT2D eigenvalue weighted by atomic mass is 35.5. The molecular weight excluding hydrogens is 286 g/mol. The van der Waals surface area contributed by atoms with Gasteiger partial charge >= 0.3 is 0 Å². The van der Waals surface area contributed by atoms with Crippen LogP contribution in [0.15, 0.2) is 42.5 Å². The minimum Gasteiger partial charge on any atom is -0.496 e. The van der Waals surface area contributed by atoms with Gasteiger partial charge in [0, 0.05) is 11.1 Å². The second-order valence-corrected chi connectivity index (χ2v) is 5.24. The number of hydrogen-bond donors (Lipinski definition) is 1. The molecule has 1 N–H and O–H groups in total. The van der Waals surface area contributed by atoms with E-state index in [0.717, 1.165) is 22.6 Å². The first-order valence-corrected chi connectivity index (χ1v) is 7.25. The highest BCUT2D eigenvalue weighted by molar-refractivity contribution is 6.30. The van der Waals surface area contributed by atoms with E-state index in [4.69, 9.17) is 21.1 Å². The van der Waals surface area contributed by atoms with Crippen molar-refractivity contribution in [3.05, 3.63) is 58.6 Å². The molecule has 0 fully saturated rings. The Morgan fingerprint density at radius 2 is 1.86 bits per heavy atom. The highest BCUT2D eigenvalue weighted by Crippen LogP contribution is 2.34. The molecule has 0 radical (unpaired) electrons. The predicted octanol–water partition coefficient (Wildman–Crippen LogP) is 4.21. The summed E-state index contributed by atoms with van der Waals surface area (Å²) in [5.41, 5.74) is 2.05. The topological polar surface area (TPSA) is 30.5 Å². The summed E-state index contributed by atoms with van der Waals surface area (Å²) in [6, 6.07) is 13.6. The number of nitrogens with one attached hydrogen (secondary N) is 1. The zero-order valence-electron chi connectivity index (χ0n) is 12.5. The van der Waals surface area contributed by atoms with Gasteiger partial charge < -0.3 is 14.8 Å². The van der Waals surface area contributed by atoms with Crippen LogP contribution in [0.2, 0.25) is 5.02 Å². The van der Waals surface area contributed by atoms with Gasteiger partial charge in [-0.2, -0.15) is 0 Å². The largest absolute Gasteiger partial charge is 0.496 e. The van der Waals surface area contributed by atoms with E-state index in [2.05, 4.69) is 12.2 Å². The van der Waals surface area contributed by atoms with Gasteiger partial charge in [0.05, 0.1) is 12.7 Å². The summed E-state index contributed by atoms with van der Waals surface area (Å²) in [7, 11) is 3.58. The van der Waals surface area contributed by atoms with Crippen molar-refractivity contribution in [1.82, 2.24) is 5.32 Å². The Balaban J connectivity index is 2.23. The van der Waals surface area contributed by atoms with Crippen LogP contribution >= 0.6 is 11.6 Å². The molecule has 2 rings (SSSR count). The minimum absolute atomic E-state index is 0.135. The third-order valence-electron chi connectivity index (χ3n) is 3.40. The lowest BCUT2D eigenvalue weighted by Gasteiger charge is -2.19. The summed E-state index contributed by atoms with van der Waals surface area (Å²) >= 11 is 5.99. The molecule has 0 bridgehead atoms. The lowest BCUT2D eigenvalue weighted by molar-refractivity contribution is 0.296. The maximum Gasteiger partial charge on any atom is 0.128 e. The third-order valence-corrected chi connectivity index (χ3v) is 3.63. The summed E-state index contributed by atoms with van der Waals surface area (Å²) in [4.78, 5) is 0. The van der Waals surface area contributed by atoms with E-state index in [1.165, 1.54) is 0 Å². The van der Waals surface area contributed by atoms with E-state index in [9.17, 15) is 0 Å². The van der Waals surface area contributed by atoms with Crippen LogP contribution in [0.1, 0.15) is 24.1 Å². The molecule has 0 saturated heterocycles. The Morgan fingerprint density at radius 3 is 2.52 bits per heavy atom. The fourth-order valence-electron chi connectivity index (χ4n) is 2.19. The highest BCUT2D eigenvalue weighted by Gasteiger charge is 2.16. The van der Waals surface area contributed by atoms with Crippen LogP contribution in [0, 0.1) is 0 Å². The van der Waals surface area contributed by atoms with E-state index in [0.29, 0.717) is 11.6 Å². The van der Waals surface area contributed by atoms with Crippen molar-refractivity contribution in [3.63, 3.8) is 0 Å². The van der Waals surface area contributed by atoms with E-state index in [-0.39, 0.29) is 6.04 Å². The fourth-order valence-corrected chi connectivity index (χ4v) is 2.40. The van der Waals surface area contributed by atoms with E-state index < -0.39 is 0 Å². The second kappa shape index (κ2) is 7.34. The molecule has 2 aromatic carbocycles. The Bertz CT molecular complexity index is 601. The Kier molecular flexibility index (Phi) is 5.48.